The highest BCUT2D eigenvalue weighted by molar-refractivity contribution is 5.83. The molecular formula is C64H94N6O23. The number of carbonyl (C=O) groups is 9. The molecule has 0 fully saturated rings. The van der Waals surface area contributed by atoms with E-state index in [0.717, 1.165) is 50.2 Å². The molecule has 0 aliphatic heterocycles. The van der Waals surface area contributed by atoms with E-state index in [0.29, 0.717) is 103 Å². The average molecular weight is 1320 g/mol. The molecule has 0 atom stereocenters. The minimum atomic E-state index is -1.54. The van der Waals surface area contributed by atoms with E-state index in [1.807, 2.05) is 6.92 Å². The summed E-state index contributed by atoms with van der Waals surface area (Å²) in [7, 11) is 0. The van der Waals surface area contributed by atoms with Crippen molar-refractivity contribution in [1.29, 1.82) is 0 Å². The first kappa shape index (κ1) is 81.9. The van der Waals surface area contributed by atoms with E-state index < -0.39 is 140 Å². The van der Waals surface area contributed by atoms with Crippen LogP contribution in [0.2, 0.25) is 0 Å². The largest absolute Gasteiger partial charge is 0.462 e. The lowest BCUT2D eigenvalue weighted by molar-refractivity contribution is -0.161. The molecule has 0 unspecified atom stereocenters. The normalized spacial score (nSPS) is 11.0. The molecule has 1 aromatic heterocycles. The lowest BCUT2D eigenvalue weighted by Gasteiger charge is -2.31. The molecule has 0 saturated heterocycles. The summed E-state index contributed by atoms with van der Waals surface area (Å²) < 4.78 is 61.7. The molecule has 0 spiro atoms. The summed E-state index contributed by atoms with van der Waals surface area (Å²) in [5.74, 6) is -5.09. The van der Waals surface area contributed by atoms with Gasteiger partial charge in [-0.25, -0.2) is 71.2 Å². The Balaban J connectivity index is 3.13. The van der Waals surface area contributed by atoms with Crippen LogP contribution in [0.3, 0.4) is 0 Å². The Morgan fingerprint density at radius 1 is 0.333 bits per heavy atom. The van der Waals surface area contributed by atoms with Crippen LogP contribution in [0.5, 0.6) is 0 Å². The highest BCUT2D eigenvalue weighted by Crippen LogP contribution is 2.26. The van der Waals surface area contributed by atoms with Gasteiger partial charge in [0.05, 0.1) is 31.8 Å². The molecule has 0 aliphatic rings. The molecule has 3 N–H and O–H groups in total. The first-order chi connectivity index (χ1) is 44.6. The molecule has 518 valence electrons. The van der Waals surface area contributed by atoms with Crippen molar-refractivity contribution in [1.82, 2.24) is 29.7 Å². The van der Waals surface area contributed by atoms with Crippen molar-refractivity contribution >= 4 is 54.1 Å². The lowest BCUT2D eigenvalue weighted by atomic mass is 9.88. The quantitative estimate of drug-likeness (QED) is 0.0248. The zero-order valence-corrected chi connectivity index (χ0v) is 53.6. The van der Waals surface area contributed by atoms with Gasteiger partial charge in [0.1, 0.15) is 70.3 Å². The third-order valence-electron chi connectivity index (χ3n) is 13.8. The van der Waals surface area contributed by atoms with Crippen molar-refractivity contribution in [3.8, 4) is 0 Å². The number of carbonyl (C=O) groups excluding carboxylic acids is 9. The molecule has 0 aromatic carbocycles. The van der Waals surface area contributed by atoms with Crippen molar-refractivity contribution in [2.24, 2.45) is 16.2 Å². The Morgan fingerprint density at radius 2 is 0.559 bits per heavy atom. The fourth-order valence-electron chi connectivity index (χ4n) is 8.23. The van der Waals surface area contributed by atoms with Gasteiger partial charge in [-0.1, -0.05) is 97.1 Å². The van der Waals surface area contributed by atoms with Crippen LogP contribution in [-0.2, 0) is 101 Å². The first-order valence-corrected chi connectivity index (χ1v) is 30.4. The van der Waals surface area contributed by atoms with Gasteiger partial charge in [-0.2, -0.15) is 0 Å². The Labute approximate surface area is 541 Å². The van der Waals surface area contributed by atoms with Gasteiger partial charge in [-0.15, -0.1) is 13.2 Å². The molecule has 1 aromatic rings. The summed E-state index contributed by atoms with van der Waals surface area (Å²) in [5.41, 5.74) is -6.01. The SMILES string of the molecule is C=CCOCC(CC)(COCC=C)COC(=O)NCCCCCCn1c(=O)n(CCCCCCNC(=O)OCC(COC(=O)C=C)(COC(=O)C=C)COC(=O)C=C)c(=O)n(CCCCCCNC(=O)OCC(COC(=O)C=C)(COC(=O)C=C)COC(=O)C=C)c1=O. The molecule has 1 heterocycles. The summed E-state index contributed by atoms with van der Waals surface area (Å²) in [6, 6.07) is 0. The number of hydrogen-bond donors (Lipinski definition) is 3. The van der Waals surface area contributed by atoms with Gasteiger partial charge in [0.25, 0.3) is 0 Å². The van der Waals surface area contributed by atoms with Crippen molar-refractivity contribution in [2.75, 3.05) is 106 Å². The van der Waals surface area contributed by atoms with Crippen LogP contribution < -0.4 is 33.0 Å². The van der Waals surface area contributed by atoms with Gasteiger partial charge in [0, 0.05) is 75.7 Å². The van der Waals surface area contributed by atoms with Crippen LogP contribution in [0.1, 0.15) is 90.4 Å². The standard InChI is InChI=1S/C64H94N6O23/c1-10-37-83-39-62(18-9,40-84-38-11-2)41-91-56(77)65-31-25-19-22-28-34-68-59(80)69(35-29-23-20-26-32-66-57(78)92-48-63(42-85-50(71)12-3,43-86-51(72)13-4)44-87-52(73)14-5)61(82)70(60(68)81)36-30-24-21-27-33-67-58(79)93-49-64(45-88-53(74)15-6,46-89-54(75)16-7)47-90-55(76)17-8/h10-17H,1-8,18-49H2,9H3,(H,65,77)(H,66,78)(H,67,79). The van der Waals surface area contributed by atoms with E-state index in [2.05, 4.69) is 68.6 Å². The second kappa shape index (κ2) is 47.7. The minimum absolute atomic E-state index is 0.0000215. The van der Waals surface area contributed by atoms with Crippen LogP contribution >= 0.6 is 0 Å². The highest BCUT2D eigenvalue weighted by Gasteiger charge is 2.39. The summed E-state index contributed by atoms with van der Waals surface area (Å²) in [4.78, 5) is 152. The molecule has 0 saturated carbocycles. The Bertz CT molecular complexity index is 2550. The van der Waals surface area contributed by atoms with Crippen molar-refractivity contribution < 1.29 is 95.3 Å². The first-order valence-electron chi connectivity index (χ1n) is 30.4. The fourth-order valence-corrected chi connectivity index (χ4v) is 8.23. The predicted molar refractivity (Wildman–Crippen MR) is 339 cm³/mol. The van der Waals surface area contributed by atoms with Crippen molar-refractivity contribution in [3.05, 3.63) is 133 Å². The van der Waals surface area contributed by atoms with Crippen LogP contribution in [-0.4, -0.2) is 173 Å². The molecule has 93 heavy (non-hydrogen) atoms. The van der Waals surface area contributed by atoms with E-state index in [1.165, 1.54) is 0 Å². The summed E-state index contributed by atoms with van der Waals surface area (Å²) >= 11 is 0. The third-order valence-corrected chi connectivity index (χ3v) is 13.8. The van der Waals surface area contributed by atoms with E-state index in [-0.39, 0.29) is 52.5 Å². The predicted octanol–water partition coefficient (Wildman–Crippen LogP) is 5.18. The topological polar surface area (TPSA) is 357 Å². The van der Waals surface area contributed by atoms with Crippen LogP contribution in [0.4, 0.5) is 14.4 Å². The molecule has 1 rings (SSSR count). The molecule has 29 nitrogen and oxygen atoms in total. The molecule has 0 bridgehead atoms. The minimum Gasteiger partial charge on any atom is -0.462 e. The van der Waals surface area contributed by atoms with Crippen LogP contribution in [0.15, 0.2) is 116 Å². The Kier molecular flexibility index (Phi) is 42.0. The van der Waals surface area contributed by atoms with Crippen molar-refractivity contribution in [3.63, 3.8) is 0 Å². The number of ether oxygens (including phenoxy) is 11. The second-order valence-corrected chi connectivity index (χ2v) is 21.4. The number of aromatic nitrogens is 3. The maximum atomic E-state index is 13.9. The van der Waals surface area contributed by atoms with Crippen LogP contribution in [0, 0.1) is 16.2 Å². The molecule has 29 heteroatoms. The number of nitrogens with zero attached hydrogens (tertiary/aromatic N) is 3. The summed E-state index contributed by atoms with van der Waals surface area (Å²) in [5, 5.41) is 7.93. The number of amides is 3. The zero-order valence-electron chi connectivity index (χ0n) is 53.6. The second-order valence-electron chi connectivity index (χ2n) is 21.4. The van der Waals surface area contributed by atoms with E-state index in [1.54, 1.807) is 12.2 Å². The number of hydrogen-bond acceptors (Lipinski definition) is 23. The highest BCUT2D eigenvalue weighted by atomic mass is 16.6. The average Bonchev–Trinajstić information content (AvgIpc) is 0.802. The van der Waals surface area contributed by atoms with Gasteiger partial charge in [-0.3, -0.25) is 0 Å². The van der Waals surface area contributed by atoms with Crippen LogP contribution in [0.25, 0.3) is 0 Å². The van der Waals surface area contributed by atoms with Gasteiger partial charge in [0.15, 0.2) is 0 Å². The van der Waals surface area contributed by atoms with Crippen molar-refractivity contribution in [2.45, 2.75) is 110 Å². The fraction of sp³-hybridized carbons (Fsp3) is 0.562. The van der Waals surface area contributed by atoms with Gasteiger partial charge >= 0.3 is 71.2 Å². The summed E-state index contributed by atoms with van der Waals surface area (Å²) in [6.45, 7) is 26.9. The summed E-state index contributed by atoms with van der Waals surface area (Å²) in [6.07, 6.45) is 12.4. The smallest absolute Gasteiger partial charge is 0.407 e. The van der Waals surface area contributed by atoms with E-state index >= 15 is 0 Å². The number of nitrogens with one attached hydrogen (secondary N) is 3. The maximum absolute atomic E-state index is 13.9. The maximum Gasteiger partial charge on any atom is 0.407 e. The molecular weight excluding hydrogens is 1220 g/mol. The molecule has 3 amide bonds. The van der Waals surface area contributed by atoms with E-state index in [9.17, 15) is 57.5 Å². The lowest BCUT2D eigenvalue weighted by Crippen LogP contribution is -2.54. The third kappa shape index (κ3) is 34.2. The number of unbranched alkanes of at least 4 members (excludes halogenated alkanes) is 9. The Hall–Kier alpha value is -9.12. The van der Waals surface area contributed by atoms with E-state index in [4.69, 9.17) is 52.1 Å². The Morgan fingerprint density at radius 3 is 0.785 bits per heavy atom. The number of alkyl carbamates (subject to hydrolysis) is 3. The molecule has 0 aliphatic carbocycles. The number of rotatable bonds is 54. The zero-order chi connectivity index (χ0) is 69.3. The monoisotopic (exact) mass is 1310 g/mol. The van der Waals surface area contributed by atoms with Gasteiger partial charge < -0.3 is 68.1 Å². The van der Waals surface area contributed by atoms with Gasteiger partial charge in [0.2, 0.25) is 0 Å². The molecule has 0 radical (unpaired) electrons. The number of esters is 6. The van der Waals surface area contributed by atoms with Gasteiger partial charge in [-0.05, 0) is 44.9 Å².